The molecular weight excluding hydrogens is 461 g/mol. The number of hydrogen-bond acceptors (Lipinski definition) is 4. The number of thioether (sulfide) groups is 1. The van der Waals surface area contributed by atoms with Gasteiger partial charge in [0, 0.05) is 17.9 Å². The molecule has 0 aliphatic carbocycles. The Morgan fingerprint density at radius 2 is 1.77 bits per heavy atom. The zero-order chi connectivity index (χ0) is 25.1. The van der Waals surface area contributed by atoms with E-state index >= 15 is 0 Å². The molecule has 0 fully saturated rings. The summed E-state index contributed by atoms with van der Waals surface area (Å²) in [6.45, 7) is 8.56. The number of rotatable bonds is 7. The SMILES string of the molecule is Cc1cc(C)cc(-n2c(SCc3ccccc3F)nc3cc(C(=O)NCC(C)C)ccc3c2=O)c1. The molecule has 35 heavy (non-hydrogen) atoms. The summed E-state index contributed by atoms with van der Waals surface area (Å²) < 4.78 is 15.9. The number of hydrogen-bond donors (Lipinski definition) is 1. The van der Waals surface area contributed by atoms with Crippen LogP contribution in [0.4, 0.5) is 4.39 Å². The molecule has 0 aliphatic heterocycles. The van der Waals surface area contributed by atoms with E-state index in [4.69, 9.17) is 4.98 Å². The summed E-state index contributed by atoms with van der Waals surface area (Å²) in [6, 6.07) is 17.4. The number of carbonyl (C=O) groups is 1. The first-order chi connectivity index (χ1) is 16.7. The van der Waals surface area contributed by atoms with E-state index in [1.54, 1.807) is 41.0 Å². The summed E-state index contributed by atoms with van der Waals surface area (Å²) in [5, 5.41) is 3.75. The van der Waals surface area contributed by atoms with Crippen molar-refractivity contribution in [1.29, 1.82) is 0 Å². The fraction of sp³-hybridized carbons (Fsp3) is 0.250. The third-order valence-corrected chi connectivity index (χ3v) is 6.54. The van der Waals surface area contributed by atoms with Gasteiger partial charge in [0.25, 0.3) is 11.5 Å². The molecule has 3 aromatic carbocycles. The van der Waals surface area contributed by atoms with Crippen molar-refractivity contribution in [2.24, 2.45) is 5.92 Å². The van der Waals surface area contributed by atoms with Crippen molar-refractivity contribution in [3.05, 3.63) is 99.1 Å². The van der Waals surface area contributed by atoms with Crippen molar-refractivity contribution in [3.8, 4) is 5.69 Å². The van der Waals surface area contributed by atoms with Gasteiger partial charge in [-0.2, -0.15) is 0 Å². The number of halogens is 1. The van der Waals surface area contributed by atoms with Crippen LogP contribution in [0, 0.1) is 25.6 Å². The lowest BCUT2D eigenvalue weighted by molar-refractivity contribution is 0.0949. The summed E-state index contributed by atoms with van der Waals surface area (Å²) in [5.41, 5.74) is 3.93. The monoisotopic (exact) mass is 489 g/mol. The minimum Gasteiger partial charge on any atom is -0.352 e. The van der Waals surface area contributed by atoms with Crippen LogP contribution in [0.15, 0.2) is 70.6 Å². The highest BCUT2D eigenvalue weighted by Crippen LogP contribution is 2.27. The second-order valence-electron chi connectivity index (χ2n) is 9.10. The van der Waals surface area contributed by atoms with Crippen molar-refractivity contribution in [2.45, 2.75) is 38.6 Å². The average molecular weight is 490 g/mol. The van der Waals surface area contributed by atoms with Gasteiger partial charge in [-0.05, 0) is 72.9 Å². The van der Waals surface area contributed by atoms with Crippen molar-refractivity contribution < 1.29 is 9.18 Å². The van der Waals surface area contributed by atoms with Gasteiger partial charge in [0.15, 0.2) is 5.16 Å². The lowest BCUT2D eigenvalue weighted by Crippen LogP contribution is -2.27. The summed E-state index contributed by atoms with van der Waals surface area (Å²) in [5.74, 6) is 0.125. The maximum Gasteiger partial charge on any atom is 0.266 e. The first-order valence-electron chi connectivity index (χ1n) is 11.5. The van der Waals surface area contributed by atoms with Crippen LogP contribution in [-0.2, 0) is 5.75 Å². The van der Waals surface area contributed by atoms with Crippen LogP contribution in [0.2, 0.25) is 0 Å². The first kappa shape index (κ1) is 24.7. The van der Waals surface area contributed by atoms with Crippen molar-refractivity contribution in [3.63, 3.8) is 0 Å². The van der Waals surface area contributed by atoms with E-state index in [0.717, 1.165) is 11.1 Å². The number of aromatic nitrogens is 2. The van der Waals surface area contributed by atoms with Crippen LogP contribution in [-0.4, -0.2) is 22.0 Å². The molecule has 0 saturated heterocycles. The predicted octanol–water partition coefficient (Wildman–Crippen LogP) is 5.82. The van der Waals surface area contributed by atoms with Crippen LogP contribution in [0.1, 0.15) is 40.9 Å². The molecule has 7 heteroatoms. The molecule has 0 radical (unpaired) electrons. The van der Waals surface area contributed by atoms with E-state index in [0.29, 0.717) is 51.1 Å². The molecule has 1 N–H and O–H groups in total. The molecule has 0 spiro atoms. The minimum absolute atomic E-state index is 0.207. The topological polar surface area (TPSA) is 64.0 Å². The third-order valence-electron chi connectivity index (χ3n) is 5.55. The van der Waals surface area contributed by atoms with E-state index in [9.17, 15) is 14.0 Å². The lowest BCUT2D eigenvalue weighted by atomic mass is 10.1. The fourth-order valence-electron chi connectivity index (χ4n) is 3.87. The second kappa shape index (κ2) is 10.4. The van der Waals surface area contributed by atoms with Gasteiger partial charge in [0.05, 0.1) is 16.6 Å². The summed E-state index contributed by atoms with van der Waals surface area (Å²) >= 11 is 1.29. The van der Waals surface area contributed by atoms with Gasteiger partial charge in [-0.1, -0.05) is 49.9 Å². The number of carbonyl (C=O) groups excluding carboxylic acids is 1. The second-order valence-corrected chi connectivity index (χ2v) is 10.0. The van der Waals surface area contributed by atoms with Gasteiger partial charge in [0.1, 0.15) is 5.82 Å². The van der Waals surface area contributed by atoms with Gasteiger partial charge < -0.3 is 5.32 Å². The number of amides is 1. The lowest BCUT2D eigenvalue weighted by Gasteiger charge is -2.15. The Bertz CT molecular complexity index is 1440. The Balaban J connectivity index is 1.83. The average Bonchev–Trinajstić information content (AvgIpc) is 2.81. The largest absolute Gasteiger partial charge is 0.352 e. The molecule has 0 atom stereocenters. The maximum atomic E-state index is 14.3. The smallest absolute Gasteiger partial charge is 0.266 e. The number of nitrogens with zero attached hydrogens (tertiary/aromatic N) is 2. The van der Waals surface area contributed by atoms with Crippen LogP contribution in [0.5, 0.6) is 0 Å². The quantitative estimate of drug-likeness (QED) is 0.262. The molecule has 0 bridgehead atoms. The number of nitrogens with one attached hydrogen (secondary N) is 1. The molecule has 0 aliphatic rings. The Morgan fingerprint density at radius 1 is 1.06 bits per heavy atom. The van der Waals surface area contributed by atoms with Gasteiger partial charge in [-0.25, -0.2) is 9.37 Å². The Hall–Kier alpha value is -3.45. The van der Waals surface area contributed by atoms with E-state index in [1.165, 1.54) is 17.8 Å². The van der Waals surface area contributed by atoms with Crippen LogP contribution in [0.3, 0.4) is 0 Å². The van der Waals surface area contributed by atoms with Crippen LogP contribution in [0.25, 0.3) is 16.6 Å². The highest BCUT2D eigenvalue weighted by atomic mass is 32.2. The molecule has 5 nitrogen and oxygen atoms in total. The minimum atomic E-state index is -0.301. The Labute approximate surface area is 208 Å². The van der Waals surface area contributed by atoms with Crippen molar-refractivity contribution >= 4 is 28.6 Å². The van der Waals surface area contributed by atoms with Gasteiger partial charge in [-0.3, -0.25) is 14.2 Å². The van der Waals surface area contributed by atoms with E-state index in [-0.39, 0.29) is 17.3 Å². The molecule has 1 heterocycles. The van der Waals surface area contributed by atoms with Crippen LogP contribution >= 0.6 is 11.8 Å². The van der Waals surface area contributed by atoms with Gasteiger partial charge in [-0.15, -0.1) is 0 Å². The zero-order valence-electron chi connectivity index (χ0n) is 20.3. The third kappa shape index (κ3) is 5.62. The Kier molecular flexibility index (Phi) is 7.36. The van der Waals surface area contributed by atoms with Gasteiger partial charge >= 0.3 is 0 Å². The molecule has 4 rings (SSSR count). The fourth-order valence-corrected chi connectivity index (χ4v) is 4.87. The standard InChI is InChI=1S/C28H28FN3O2S/c1-17(2)15-30-26(33)20-9-10-23-25(14-20)31-28(35-16-21-7-5-6-8-24(21)29)32(27(23)34)22-12-18(3)11-19(4)13-22/h5-14,17H,15-16H2,1-4H3,(H,30,33). The maximum absolute atomic E-state index is 14.3. The normalized spacial score (nSPS) is 11.3. The summed E-state index contributed by atoms with van der Waals surface area (Å²) in [4.78, 5) is 31.1. The summed E-state index contributed by atoms with van der Waals surface area (Å²) in [6.07, 6.45) is 0. The highest BCUT2D eigenvalue weighted by Gasteiger charge is 2.17. The molecule has 0 saturated carbocycles. The first-order valence-corrected chi connectivity index (χ1v) is 12.5. The molecular formula is C28H28FN3O2S. The van der Waals surface area contributed by atoms with Gasteiger partial charge in [0.2, 0.25) is 0 Å². The van der Waals surface area contributed by atoms with Crippen molar-refractivity contribution in [1.82, 2.24) is 14.9 Å². The number of fused-ring (bicyclic) bond motifs is 1. The Morgan fingerprint density at radius 3 is 2.46 bits per heavy atom. The highest BCUT2D eigenvalue weighted by molar-refractivity contribution is 7.98. The molecule has 1 amide bonds. The van der Waals surface area contributed by atoms with E-state index in [2.05, 4.69) is 5.32 Å². The predicted molar refractivity (Wildman–Crippen MR) is 140 cm³/mol. The molecule has 4 aromatic rings. The molecule has 0 unspecified atom stereocenters. The van der Waals surface area contributed by atoms with Crippen LogP contribution < -0.4 is 10.9 Å². The molecule has 180 valence electrons. The summed E-state index contributed by atoms with van der Waals surface area (Å²) in [7, 11) is 0. The number of aryl methyl sites for hydroxylation is 2. The number of benzene rings is 3. The van der Waals surface area contributed by atoms with E-state index in [1.807, 2.05) is 45.9 Å². The van der Waals surface area contributed by atoms with E-state index < -0.39 is 0 Å². The zero-order valence-corrected chi connectivity index (χ0v) is 21.1. The van der Waals surface area contributed by atoms with Crippen molar-refractivity contribution in [2.75, 3.05) is 6.54 Å². The molecule has 1 aromatic heterocycles.